The number of benzene rings is 2. The van der Waals surface area contributed by atoms with Crippen molar-refractivity contribution in [2.24, 2.45) is 0 Å². The number of hydrogen-bond donors (Lipinski definition) is 1. The first kappa shape index (κ1) is 18.6. The largest absolute Gasteiger partial charge is 0.457 e. The fraction of sp³-hybridized carbons (Fsp3) is 0.174. The third-order valence-electron chi connectivity index (χ3n) is 5.14. The van der Waals surface area contributed by atoms with E-state index in [1.807, 2.05) is 30.3 Å². The minimum Gasteiger partial charge on any atom is -0.457 e. The van der Waals surface area contributed by atoms with Gasteiger partial charge in [-0.3, -0.25) is 14.0 Å². The summed E-state index contributed by atoms with van der Waals surface area (Å²) in [5.41, 5.74) is 1.33. The van der Waals surface area contributed by atoms with Crippen LogP contribution in [0.5, 0.6) is 11.5 Å². The zero-order chi connectivity index (χ0) is 20.5. The zero-order valence-electron chi connectivity index (χ0n) is 16.1. The molecule has 4 aromatic rings. The predicted molar refractivity (Wildman–Crippen MR) is 117 cm³/mol. The normalized spacial score (nSPS) is 13.1. The van der Waals surface area contributed by atoms with Crippen LogP contribution in [-0.2, 0) is 12.8 Å². The van der Waals surface area contributed by atoms with Gasteiger partial charge in [-0.05, 0) is 62.1 Å². The lowest BCUT2D eigenvalue weighted by Crippen LogP contribution is -2.27. The van der Waals surface area contributed by atoms with E-state index in [0.717, 1.165) is 37.1 Å². The van der Waals surface area contributed by atoms with Crippen molar-refractivity contribution in [2.45, 2.75) is 25.7 Å². The summed E-state index contributed by atoms with van der Waals surface area (Å²) >= 11 is 1.55. The molecule has 2 aromatic carbocycles. The molecule has 1 N–H and O–H groups in total. The van der Waals surface area contributed by atoms with E-state index in [1.54, 1.807) is 40.0 Å². The Balaban J connectivity index is 1.37. The number of ether oxygens (including phenoxy) is 1. The van der Waals surface area contributed by atoms with Crippen LogP contribution in [-0.4, -0.2) is 15.3 Å². The van der Waals surface area contributed by atoms with Crippen molar-refractivity contribution < 1.29 is 9.53 Å². The Hall–Kier alpha value is -3.45. The number of carbonyl (C=O) groups excluding carboxylic acids is 1. The molecule has 0 unspecified atom stereocenters. The maximum Gasteiger partial charge on any atom is 0.271 e. The van der Waals surface area contributed by atoms with Gasteiger partial charge in [-0.15, -0.1) is 11.3 Å². The quantitative estimate of drug-likeness (QED) is 0.523. The van der Waals surface area contributed by atoms with Crippen LogP contribution in [0.2, 0.25) is 0 Å². The standard InChI is InChI=1S/C23H19N3O3S/c27-21(25-15-10-12-17(13-11-15)29-16-6-2-1-3-7-16)18-14-24-23-26(22(18)28)19-8-4-5-9-20(19)30-23/h1-3,6-7,10-14H,4-5,8-9H2,(H,25,27). The highest BCUT2D eigenvalue weighted by molar-refractivity contribution is 7.17. The van der Waals surface area contributed by atoms with Crippen molar-refractivity contribution in [2.75, 3.05) is 5.32 Å². The van der Waals surface area contributed by atoms with Crippen molar-refractivity contribution in [1.29, 1.82) is 0 Å². The number of para-hydroxylation sites is 1. The van der Waals surface area contributed by atoms with Crippen molar-refractivity contribution in [3.63, 3.8) is 0 Å². The fourth-order valence-corrected chi connectivity index (χ4v) is 4.82. The van der Waals surface area contributed by atoms with Gasteiger partial charge in [0, 0.05) is 22.5 Å². The van der Waals surface area contributed by atoms with Crippen LogP contribution >= 0.6 is 11.3 Å². The predicted octanol–water partition coefficient (Wildman–Crippen LogP) is 4.68. The van der Waals surface area contributed by atoms with E-state index >= 15 is 0 Å². The van der Waals surface area contributed by atoms with Crippen molar-refractivity contribution in [3.8, 4) is 11.5 Å². The van der Waals surface area contributed by atoms with Gasteiger partial charge in [0.15, 0.2) is 4.96 Å². The summed E-state index contributed by atoms with van der Waals surface area (Å²) < 4.78 is 7.38. The molecule has 150 valence electrons. The lowest BCUT2D eigenvalue weighted by atomic mass is 10.0. The summed E-state index contributed by atoms with van der Waals surface area (Å²) in [5, 5.41) is 2.78. The van der Waals surface area contributed by atoms with Gasteiger partial charge in [0.2, 0.25) is 0 Å². The van der Waals surface area contributed by atoms with Crippen LogP contribution in [0.3, 0.4) is 0 Å². The van der Waals surface area contributed by atoms with Crippen molar-refractivity contribution in [3.05, 3.63) is 87.3 Å². The molecule has 2 aromatic heterocycles. The molecule has 0 bridgehead atoms. The average Bonchev–Trinajstić information content (AvgIpc) is 3.15. The maximum atomic E-state index is 13.0. The third-order valence-corrected chi connectivity index (χ3v) is 6.29. The number of fused-ring (bicyclic) bond motifs is 3. The number of amides is 1. The second kappa shape index (κ2) is 7.76. The Morgan fingerprint density at radius 3 is 2.53 bits per heavy atom. The molecular weight excluding hydrogens is 398 g/mol. The van der Waals surface area contributed by atoms with Crippen LogP contribution in [0.15, 0.2) is 65.6 Å². The molecule has 2 heterocycles. The molecule has 6 nitrogen and oxygen atoms in total. The van der Waals surface area contributed by atoms with Crippen LogP contribution < -0.4 is 15.6 Å². The van der Waals surface area contributed by atoms with Gasteiger partial charge < -0.3 is 10.1 Å². The molecule has 0 aliphatic heterocycles. The van der Waals surface area contributed by atoms with Gasteiger partial charge in [-0.25, -0.2) is 4.98 Å². The SMILES string of the molecule is O=C(Nc1ccc(Oc2ccccc2)cc1)c1cnc2sc3c(n2c1=O)CCCC3. The zero-order valence-corrected chi connectivity index (χ0v) is 16.9. The molecule has 1 aliphatic rings. The monoisotopic (exact) mass is 417 g/mol. The molecule has 0 atom stereocenters. The molecule has 1 aliphatic carbocycles. The maximum absolute atomic E-state index is 13.0. The first-order chi connectivity index (χ1) is 14.7. The Morgan fingerprint density at radius 2 is 1.73 bits per heavy atom. The number of thiazole rings is 1. The second-order valence-corrected chi connectivity index (χ2v) is 8.23. The van der Waals surface area contributed by atoms with Crippen molar-refractivity contribution >= 4 is 27.9 Å². The smallest absolute Gasteiger partial charge is 0.271 e. The first-order valence-electron chi connectivity index (χ1n) is 9.86. The molecule has 0 saturated heterocycles. The Bertz CT molecular complexity index is 1280. The first-order valence-corrected chi connectivity index (χ1v) is 10.7. The summed E-state index contributed by atoms with van der Waals surface area (Å²) in [7, 11) is 0. The van der Waals surface area contributed by atoms with Gasteiger partial charge >= 0.3 is 0 Å². The lowest BCUT2D eigenvalue weighted by Gasteiger charge is -2.11. The molecular formula is C23H19N3O3S. The molecule has 0 fully saturated rings. The van der Waals surface area contributed by atoms with E-state index < -0.39 is 5.91 Å². The van der Waals surface area contributed by atoms with Crippen LogP contribution in [0.25, 0.3) is 4.96 Å². The van der Waals surface area contributed by atoms with E-state index in [1.165, 1.54) is 11.1 Å². The number of nitrogens with one attached hydrogen (secondary N) is 1. The minimum absolute atomic E-state index is 0.0447. The Kier molecular flexibility index (Phi) is 4.80. The van der Waals surface area contributed by atoms with E-state index in [0.29, 0.717) is 16.4 Å². The molecule has 0 radical (unpaired) electrons. The topological polar surface area (TPSA) is 72.7 Å². The summed E-state index contributed by atoms with van der Waals surface area (Å²) in [6.45, 7) is 0. The molecule has 0 saturated carbocycles. The van der Waals surface area contributed by atoms with Gasteiger partial charge in [-0.1, -0.05) is 18.2 Å². The highest BCUT2D eigenvalue weighted by atomic mass is 32.1. The number of carbonyl (C=O) groups is 1. The second-order valence-electron chi connectivity index (χ2n) is 7.17. The van der Waals surface area contributed by atoms with Gasteiger partial charge in [0.25, 0.3) is 11.5 Å². The number of aromatic nitrogens is 2. The highest BCUT2D eigenvalue weighted by Gasteiger charge is 2.21. The van der Waals surface area contributed by atoms with E-state index in [2.05, 4.69) is 10.3 Å². The fourth-order valence-electron chi connectivity index (χ4n) is 3.65. The van der Waals surface area contributed by atoms with Gasteiger partial charge in [-0.2, -0.15) is 0 Å². The van der Waals surface area contributed by atoms with E-state index in [-0.39, 0.29) is 11.1 Å². The third kappa shape index (κ3) is 3.48. The van der Waals surface area contributed by atoms with Crippen LogP contribution in [0.4, 0.5) is 5.69 Å². The molecule has 1 amide bonds. The number of rotatable bonds is 4. The highest BCUT2D eigenvalue weighted by Crippen LogP contribution is 2.28. The lowest BCUT2D eigenvalue weighted by molar-refractivity contribution is 0.102. The molecule has 7 heteroatoms. The van der Waals surface area contributed by atoms with Gasteiger partial charge in [0.05, 0.1) is 0 Å². The number of anilines is 1. The average molecular weight is 417 g/mol. The van der Waals surface area contributed by atoms with Gasteiger partial charge in [0.1, 0.15) is 17.1 Å². The van der Waals surface area contributed by atoms with Crippen molar-refractivity contribution in [1.82, 2.24) is 9.38 Å². The number of hydrogen-bond acceptors (Lipinski definition) is 5. The molecule has 5 rings (SSSR count). The van der Waals surface area contributed by atoms with Crippen LogP contribution in [0, 0.1) is 0 Å². The Morgan fingerprint density at radius 1 is 1.00 bits per heavy atom. The minimum atomic E-state index is -0.464. The summed E-state index contributed by atoms with van der Waals surface area (Å²) in [6.07, 6.45) is 5.39. The molecule has 0 spiro atoms. The summed E-state index contributed by atoms with van der Waals surface area (Å²) in [6, 6.07) is 16.5. The van der Waals surface area contributed by atoms with E-state index in [4.69, 9.17) is 4.74 Å². The van der Waals surface area contributed by atoms with Crippen LogP contribution in [0.1, 0.15) is 33.8 Å². The Labute approximate surface area is 176 Å². The number of nitrogens with zero attached hydrogens (tertiary/aromatic N) is 2. The molecule has 30 heavy (non-hydrogen) atoms. The number of aryl methyl sites for hydroxylation is 2. The summed E-state index contributed by atoms with van der Waals surface area (Å²) in [5.74, 6) is 0.933. The summed E-state index contributed by atoms with van der Waals surface area (Å²) in [4.78, 5) is 32.0. The van der Waals surface area contributed by atoms with E-state index in [9.17, 15) is 9.59 Å².